The van der Waals surface area contributed by atoms with Crippen LogP contribution in [0.15, 0.2) is 36.4 Å². The molecule has 0 aromatic heterocycles. The van der Waals surface area contributed by atoms with Crippen LogP contribution in [0.4, 0.5) is 13.2 Å². The number of nitrogens with one attached hydrogen (secondary N) is 3. The molecule has 13 heteroatoms. The minimum atomic E-state index is -4.80. The molecule has 46 heavy (non-hydrogen) atoms. The van der Waals surface area contributed by atoms with E-state index in [9.17, 15) is 32.7 Å². The molecule has 0 unspecified atom stereocenters. The molecule has 0 bridgehead atoms. The predicted octanol–water partition coefficient (Wildman–Crippen LogP) is 6.31. The van der Waals surface area contributed by atoms with Crippen LogP contribution in [0, 0.1) is 0 Å². The number of rotatable bonds is 13. The standard InChI is InChI=1S/C33H40Cl2F3N3O5/c1-2-5-26(29(43)32(45)39-23-6-3-4-7-23)41-31(44)27(18-19-16-24(34)28(42)25(35)17-19)40-30(33(36,37)38)22-10-8-20(9-11-22)21-12-14-46-15-13-21/h8-11,16-17,21,23,26-27,30,40,42H,2-7,12-15,18H2,1H3,(H,39,45)(H,41,44)/t26-,27-,30-/m0/s1. The number of phenols is 1. The molecule has 1 heterocycles. The number of aromatic hydroxyl groups is 1. The quantitative estimate of drug-likeness (QED) is 0.184. The third-order valence-corrected chi connectivity index (χ3v) is 9.19. The second kappa shape index (κ2) is 16.3. The largest absolute Gasteiger partial charge is 0.505 e. The van der Waals surface area contributed by atoms with Crippen molar-refractivity contribution < 1.29 is 37.4 Å². The fraction of sp³-hybridized carbons (Fsp3) is 0.545. The van der Waals surface area contributed by atoms with Crippen molar-refractivity contribution in [1.82, 2.24) is 16.0 Å². The minimum Gasteiger partial charge on any atom is -0.505 e. The Morgan fingerprint density at radius 3 is 2.15 bits per heavy atom. The summed E-state index contributed by atoms with van der Waals surface area (Å²) in [5, 5.41) is 17.4. The molecule has 4 N–H and O–H groups in total. The van der Waals surface area contributed by atoms with Crippen molar-refractivity contribution in [2.24, 2.45) is 0 Å². The fourth-order valence-electron chi connectivity index (χ4n) is 6.09. The van der Waals surface area contributed by atoms with E-state index in [1.165, 1.54) is 24.3 Å². The molecule has 2 aliphatic rings. The first-order valence-electron chi connectivity index (χ1n) is 15.7. The number of amides is 2. The van der Waals surface area contributed by atoms with Gasteiger partial charge in [0.15, 0.2) is 5.75 Å². The SMILES string of the molecule is CCC[C@H](NC(=O)[C@H](Cc1cc(Cl)c(O)c(Cl)c1)N[C@@H](c1ccc(C2CCOCC2)cc1)C(F)(F)F)C(=O)C(=O)NC1CCCC1. The average Bonchev–Trinajstić information content (AvgIpc) is 3.54. The zero-order chi connectivity index (χ0) is 33.4. The van der Waals surface area contributed by atoms with Crippen molar-refractivity contribution in [3.63, 3.8) is 0 Å². The van der Waals surface area contributed by atoms with Crippen LogP contribution in [-0.2, 0) is 25.5 Å². The summed E-state index contributed by atoms with van der Waals surface area (Å²) in [7, 11) is 0. The number of hydrogen-bond donors (Lipinski definition) is 4. The molecule has 252 valence electrons. The van der Waals surface area contributed by atoms with Crippen LogP contribution in [-0.4, -0.2) is 60.2 Å². The summed E-state index contributed by atoms with van der Waals surface area (Å²) in [4.78, 5) is 39.6. The van der Waals surface area contributed by atoms with Gasteiger partial charge in [0.05, 0.1) is 22.1 Å². The second-order valence-electron chi connectivity index (χ2n) is 12.0. The van der Waals surface area contributed by atoms with Crippen LogP contribution in [0.2, 0.25) is 10.0 Å². The smallest absolute Gasteiger partial charge is 0.407 e. The number of benzene rings is 2. The molecule has 0 radical (unpaired) electrons. The number of ketones is 1. The Morgan fingerprint density at radius 1 is 0.978 bits per heavy atom. The summed E-state index contributed by atoms with van der Waals surface area (Å²) in [5.41, 5.74) is 1.08. The van der Waals surface area contributed by atoms with Gasteiger partial charge in [-0.1, -0.05) is 73.7 Å². The number of carbonyl (C=O) groups is 3. The predicted molar refractivity (Wildman–Crippen MR) is 169 cm³/mol. The van der Waals surface area contributed by atoms with Crippen LogP contribution < -0.4 is 16.0 Å². The first-order valence-corrected chi connectivity index (χ1v) is 16.4. The Bertz CT molecular complexity index is 1340. The van der Waals surface area contributed by atoms with Gasteiger partial charge < -0.3 is 20.5 Å². The zero-order valence-electron chi connectivity index (χ0n) is 25.6. The highest BCUT2D eigenvalue weighted by Gasteiger charge is 2.43. The molecule has 1 saturated heterocycles. The molecule has 1 aliphatic heterocycles. The highest BCUT2D eigenvalue weighted by Crippen LogP contribution is 2.36. The van der Waals surface area contributed by atoms with Gasteiger partial charge in [-0.2, -0.15) is 13.2 Å². The van der Waals surface area contributed by atoms with Gasteiger partial charge in [-0.15, -0.1) is 0 Å². The van der Waals surface area contributed by atoms with Gasteiger partial charge in [-0.25, -0.2) is 0 Å². The maximum absolute atomic E-state index is 14.6. The van der Waals surface area contributed by atoms with Crippen LogP contribution in [0.5, 0.6) is 5.75 Å². The lowest BCUT2D eigenvalue weighted by molar-refractivity contribution is -0.161. The lowest BCUT2D eigenvalue weighted by Gasteiger charge is -2.29. The number of carbonyl (C=O) groups excluding carboxylic acids is 3. The fourth-order valence-corrected chi connectivity index (χ4v) is 6.62. The van der Waals surface area contributed by atoms with E-state index < -0.39 is 47.6 Å². The van der Waals surface area contributed by atoms with Gasteiger partial charge in [0.1, 0.15) is 6.04 Å². The van der Waals surface area contributed by atoms with Gasteiger partial charge in [0, 0.05) is 19.3 Å². The highest BCUT2D eigenvalue weighted by atomic mass is 35.5. The molecule has 2 amide bonds. The number of ether oxygens (including phenoxy) is 1. The van der Waals surface area contributed by atoms with Crippen molar-refractivity contribution in [2.45, 2.75) is 101 Å². The Morgan fingerprint density at radius 2 is 1.59 bits per heavy atom. The minimum absolute atomic E-state index is 0.0972. The maximum atomic E-state index is 14.6. The van der Waals surface area contributed by atoms with E-state index in [-0.39, 0.29) is 46.0 Å². The molecule has 1 aliphatic carbocycles. The number of phenolic OH excluding ortho intramolecular Hbond substituents is 1. The topological polar surface area (TPSA) is 117 Å². The Hall–Kier alpha value is -2.86. The van der Waals surface area contributed by atoms with Gasteiger partial charge in [0.2, 0.25) is 11.7 Å². The molecule has 2 fully saturated rings. The summed E-state index contributed by atoms with van der Waals surface area (Å²) >= 11 is 12.1. The summed E-state index contributed by atoms with van der Waals surface area (Å²) in [5.74, 6) is -2.81. The van der Waals surface area contributed by atoms with Crippen molar-refractivity contribution >= 4 is 40.8 Å². The first kappa shape index (κ1) is 36.0. The number of Topliss-reactive ketones (excluding diaryl/α,β-unsaturated/α-hetero) is 1. The molecule has 2 aromatic carbocycles. The second-order valence-corrected chi connectivity index (χ2v) is 12.8. The molecule has 3 atom stereocenters. The van der Waals surface area contributed by atoms with Crippen molar-refractivity contribution in [2.75, 3.05) is 13.2 Å². The molecule has 2 aromatic rings. The van der Waals surface area contributed by atoms with Crippen molar-refractivity contribution in [1.29, 1.82) is 0 Å². The number of alkyl halides is 3. The van der Waals surface area contributed by atoms with E-state index in [0.717, 1.165) is 44.1 Å². The lowest BCUT2D eigenvalue weighted by Crippen LogP contribution is -2.55. The summed E-state index contributed by atoms with van der Waals surface area (Å²) in [6.45, 7) is 2.94. The van der Waals surface area contributed by atoms with Crippen LogP contribution in [0.25, 0.3) is 0 Å². The van der Waals surface area contributed by atoms with E-state index in [2.05, 4.69) is 16.0 Å². The summed E-state index contributed by atoms with van der Waals surface area (Å²) in [6.07, 6.45) is 0.347. The van der Waals surface area contributed by atoms with Crippen molar-refractivity contribution in [3.8, 4) is 5.75 Å². The first-order chi connectivity index (χ1) is 21.9. The molecule has 8 nitrogen and oxygen atoms in total. The van der Waals surface area contributed by atoms with Crippen LogP contribution >= 0.6 is 23.2 Å². The van der Waals surface area contributed by atoms with Crippen LogP contribution in [0.3, 0.4) is 0 Å². The molecule has 4 rings (SSSR count). The van der Waals surface area contributed by atoms with Gasteiger partial charge in [0.25, 0.3) is 5.91 Å². The third kappa shape index (κ3) is 9.59. The molecular weight excluding hydrogens is 646 g/mol. The highest BCUT2D eigenvalue weighted by molar-refractivity contribution is 6.38. The number of halogens is 5. The summed E-state index contributed by atoms with van der Waals surface area (Å²) < 4.78 is 49.3. The Labute approximate surface area is 276 Å². The van der Waals surface area contributed by atoms with Gasteiger partial charge in [-0.3, -0.25) is 19.7 Å². The molecular formula is C33H40Cl2F3N3O5. The molecule has 1 saturated carbocycles. The van der Waals surface area contributed by atoms with Gasteiger partial charge in [-0.05, 0) is 73.3 Å². The van der Waals surface area contributed by atoms with E-state index in [4.69, 9.17) is 27.9 Å². The number of hydrogen-bond acceptors (Lipinski definition) is 6. The normalized spacial score (nSPS) is 18.1. The van der Waals surface area contributed by atoms with E-state index in [1.54, 1.807) is 19.1 Å². The Kier molecular flexibility index (Phi) is 12.8. The van der Waals surface area contributed by atoms with E-state index >= 15 is 0 Å². The Balaban J connectivity index is 1.60. The van der Waals surface area contributed by atoms with E-state index in [1.807, 2.05) is 0 Å². The van der Waals surface area contributed by atoms with Crippen molar-refractivity contribution in [3.05, 3.63) is 63.1 Å². The summed E-state index contributed by atoms with van der Waals surface area (Å²) in [6, 6.07) is 3.59. The zero-order valence-corrected chi connectivity index (χ0v) is 27.1. The monoisotopic (exact) mass is 685 g/mol. The maximum Gasteiger partial charge on any atom is 0.407 e. The van der Waals surface area contributed by atoms with E-state index in [0.29, 0.717) is 19.6 Å². The molecule has 0 spiro atoms. The average molecular weight is 687 g/mol. The lowest BCUT2D eigenvalue weighted by atomic mass is 9.90. The third-order valence-electron chi connectivity index (χ3n) is 8.62. The van der Waals surface area contributed by atoms with Crippen LogP contribution in [0.1, 0.15) is 86.9 Å². The van der Waals surface area contributed by atoms with Gasteiger partial charge >= 0.3 is 6.18 Å².